The van der Waals surface area contributed by atoms with E-state index in [2.05, 4.69) is 11.8 Å². The number of ether oxygens (including phenoxy) is 1. The van der Waals surface area contributed by atoms with E-state index in [1.165, 1.54) is 0 Å². The first-order valence-electron chi connectivity index (χ1n) is 4.78. The maximum absolute atomic E-state index is 11.8. The third kappa shape index (κ3) is 4.99. The molecular weight excluding hydrogens is 234 g/mol. The van der Waals surface area contributed by atoms with Crippen LogP contribution in [0.4, 0.5) is 8.78 Å². The second-order valence-corrected chi connectivity index (χ2v) is 3.35. The van der Waals surface area contributed by atoms with Gasteiger partial charge in [0, 0.05) is 17.9 Å². The summed E-state index contributed by atoms with van der Waals surface area (Å²) in [6, 6.07) is 6.68. The van der Waals surface area contributed by atoms with Gasteiger partial charge in [0.05, 0.1) is 0 Å². The fraction of sp³-hybridized carbons (Fsp3) is 0.333. The van der Waals surface area contributed by atoms with Crippen molar-refractivity contribution in [2.45, 2.75) is 12.8 Å². The van der Waals surface area contributed by atoms with Gasteiger partial charge in [0.15, 0.2) is 0 Å². The first kappa shape index (κ1) is 12.8. The second-order valence-electron chi connectivity index (χ2n) is 2.97. The Hall–Kier alpha value is -1.27. The normalized spacial score (nSPS) is 9.75. The zero-order chi connectivity index (χ0) is 11.8. The molecule has 0 saturated carbocycles. The van der Waals surface area contributed by atoms with Gasteiger partial charge in [-0.1, -0.05) is 11.8 Å². The largest absolute Gasteiger partial charge is 0.488 e. The number of hydrogen-bond donors (Lipinski definition) is 0. The molecule has 1 aromatic carbocycles. The van der Waals surface area contributed by atoms with Crippen molar-refractivity contribution in [2.75, 3.05) is 12.5 Å². The smallest absolute Gasteiger partial charge is 0.272 e. The van der Waals surface area contributed by atoms with Gasteiger partial charge in [-0.3, -0.25) is 0 Å². The molecule has 0 aliphatic rings. The van der Waals surface area contributed by atoms with Crippen molar-refractivity contribution in [3.8, 4) is 17.6 Å². The highest BCUT2D eigenvalue weighted by molar-refractivity contribution is 6.18. The minimum atomic E-state index is -2.46. The van der Waals surface area contributed by atoms with Crippen LogP contribution in [0.3, 0.4) is 0 Å². The minimum Gasteiger partial charge on any atom is -0.488 e. The van der Waals surface area contributed by atoms with Crippen LogP contribution in [0.25, 0.3) is 0 Å². The second kappa shape index (κ2) is 7.08. The van der Waals surface area contributed by atoms with Crippen LogP contribution in [0.5, 0.6) is 5.75 Å². The van der Waals surface area contributed by atoms with E-state index in [1.54, 1.807) is 24.3 Å². The van der Waals surface area contributed by atoms with E-state index < -0.39 is 13.0 Å². The molecule has 0 atom stereocenters. The summed E-state index contributed by atoms with van der Waals surface area (Å²) in [7, 11) is 0. The lowest BCUT2D eigenvalue weighted by Crippen LogP contribution is -2.06. The predicted octanol–water partition coefficient (Wildman–Crippen LogP) is 3.31. The number of alkyl halides is 3. The summed E-state index contributed by atoms with van der Waals surface area (Å²) in [4.78, 5) is 0. The molecule has 86 valence electrons. The molecule has 0 aliphatic heterocycles. The molecule has 0 heterocycles. The summed E-state index contributed by atoms with van der Waals surface area (Å²) >= 11 is 5.47. The van der Waals surface area contributed by atoms with Crippen molar-refractivity contribution in [1.29, 1.82) is 0 Å². The van der Waals surface area contributed by atoms with Gasteiger partial charge in [0.2, 0.25) is 0 Å². The zero-order valence-corrected chi connectivity index (χ0v) is 9.31. The standard InChI is InChI=1S/C12H11ClF2O/c13-8-2-1-3-10-4-6-11(7-5-10)16-9-12(14)15/h4-7,12H,2,8-9H2. The molecule has 1 rings (SSSR count). The Morgan fingerprint density at radius 3 is 2.50 bits per heavy atom. The average molecular weight is 245 g/mol. The molecule has 0 bridgehead atoms. The zero-order valence-electron chi connectivity index (χ0n) is 8.55. The SMILES string of the molecule is FC(F)COc1ccc(C#CCCCl)cc1. The van der Waals surface area contributed by atoms with Gasteiger partial charge in [0.25, 0.3) is 6.43 Å². The van der Waals surface area contributed by atoms with Crippen molar-refractivity contribution in [3.05, 3.63) is 29.8 Å². The molecule has 0 aliphatic carbocycles. The minimum absolute atomic E-state index is 0.420. The highest BCUT2D eigenvalue weighted by Gasteiger charge is 2.02. The topological polar surface area (TPSA) is 9.23 Å². The van der Waals surface area contributed by atoms with Crippen LogP contribution in [0.1, 0.15) is 12.0 Å². The van der Waals surface area contributed by atoms with Crippen LogP contribution in [0, 0.1) is 11.8 Å². The molecule has 16 heavy (non-hydrogen) atoms. The van der Waals surface area contributed by atoms with Gasteiger partial charge < -0.3 is 4.74 Å². The lowest BCUT2D eigenvalue weighted by atomic mass is 10.2. The number of benzene rings is 1. The van der Waals surface area contributed by atoms with Crippen molar-refractivity contribution in [2.24, 2.45) is 0 Å². The maximum Gasteiger partial charge on any atom is 0.272 e. The van der Waals surface area contributed by atoms with Crippen LogP contribution >= 0.6 is 11.6 Å². The highest BCUT2D eigenvalue weighted by atomic mass is 35.5. The number of halogens is 3. The first-order chi connectivity index (χ1) is 7.72. The van der Waals surface area contributed by atoms with Crippen LogP contribution in [-0.4, -0.2) is 18.9 Å². The van der Waals surface area contributed by atoms with E-state index in [4.69, 9.17) is 16.3 Å². The molecule has 0 saturated heterocycles. The summed E-state index contributed by atoms with van der Waals surface area (Å²) in [6.45, 7) is -0.586. The molecular formula is C12H11ClF2O. The lowest BCUT2D eigenvalue weighted by molar-refractivity contribution is 0.0819. The van der Waals surface area contributed by atoms with Gasteiger partial charge in [0.1, 0.15) is 12.4 Å². The van der Waals surface area contributed by atoms with Gasteiger partial charge in [-0.05, 0) is 24.3 Å². The monoisotopic (exact) mass is 244 g/mol. The molecule has 0 N–H and O–H groups in total. The molecule has 0 fully saturated rings. The highest BCUT2D eigenvalue weighted by Crippen LogP contribution is 2.12. The van der Waals surface area contributed by atoms with E-state index in [1.807, 2.05) is 0 Å². The average Bonchev–Trinajstić information content (AvgIpc) is 2.28. The summed E-state index contributed by atoms with van der Waals surface area (Å²) in [5.74, 6) is 6.70. The van der Waals surface area contributed by atoms with E-state index in [0.717, 1.165) is 5.56 Å². The van der Waals surface area contributed by atoms with E-state index in [0.29, 0.717) is 18.1 Å². The van der Waals surface area contributed by atoms with Crippen LogP contribution < -0.4 is 4.74 Å². The Morgan fingerprint density at radius 1 is 1.25 bits per heavy atom. The van der Waals surface area contributed by atoms with Crippen LogP contribution in [0.15, 0.2) is 24.3 Å². The third-order valence-corrected chi connectivity index (χ3v) is 1.87. The van der Waals surface area contributed by atoms with Gasteiger partial charge in [-0.15, -0.1) is 11.6 Å². The van der Waals surface area contributed by atoms with Crippen LogP contribution in [0.2, 0.25) is 0 Å². The molecule has 0 radical (unpaired) electrons. The summed E-state index contributed by atoms with van der Waals surface area (Å²) in [6.07, 6.45) is -1.83. The first-order valence-corrected chi connectivity index (χ1v) is 5.31. The summed E-state index contributed by atoms with van der Waals surface area (Å²) in [5, 5.41) is 0. The quantitative estimate of drug-likeness (QED) is 0.583. The summed E-state index contributed by atoms with van der Waals surface area (Å²) in [5.41, 5.74) is 0.814. The molecule has 1 aromatic rings. The Morgan fingerprint density at radius 2 is 1.94 bits per heavy atom. The molecule has 0 aromatic heterocycles. The van der Waals surface area contributed by atoms with Crippen molar-refractivity contribution < 1.29 is 13.5 Å². The van der Waals surface area contributed by atoms with Crippen molar-refractivity contribution in [1.82, 2.24) is 0 Å². The maximum atomic E-state index is 11.8. The fourth-order valence-corrected chi connectivity index (χ4v) is 1.10. The molecule has 0 spiro atoms. The number of hydrogen-bond acceptors (Lipinski definition) is 1. The number of rotatable bonds is 4. The molecule has 4 heteroatoms. The lowest BCUT2D eigenvalue weighted by Gasteiger charge is -2.04. The van der Waals surface area contributed by atoms with Crippen molar-refractivity contribution in [3.63, 3.8) is 0 Å². The third-order valence-electron chi connectivity index (χ3n) is 1.68. The van der Waals surface area contributed by atoms with E-state index in [9.17, 15) is 8.78 Å². The molecule has 1 nitrogen and oxygen atoms in total. The molecule has 0 unspecified atom stereocenters. The van der Waals surface area contributed by atoms with E-state index >= 15 is 0 Å². The predicted molar refractivity (Wildman–Crippen MR) is 60.2 cm³/mol. The van der Waals surface area contributed by atoms with E-state index in [-0.39, 0.29) is 0 Å². The molecule has 0 amide bonds. The Balaban J connectivity index is 2.52. The Bertz CT molecular complexity index is 365. The Labute approximate surface area is 98.4 Å². The van der Waals surface area contributed by atoms with Gasteiger partial charge in [-0.25, -0.2) is 8.78 Å². The van der Waals surface area contributed by atoms with Crippen molar-refractivity contribution >= 4 is 11.6 Å². The Kier molecular flexibility index (Phi) is 5.66. The van der Waals surface area contributed by atoms with Crippen LogP contribution in [-0.2, 0) is 0 Å². The fourth-order valence-electron chi connectivity index (χ4n) is 1.01. The summed E-state index contributed by atoms with van der Waals surface area (Å²) < 4.78 is 28.5. The van der Waals surface area contributed by atoms with Gasteiger partial charge in [-0.2, -0.15) is 0 Å². The van der Waals surface area contributed by atoms with Gasteiger partial charge >= 0.3 is 0 Å².